The van der Waals surface area contributed by atoms with Crippen LogP contribution in [0.25, 0.3) is 0 Å². The summed E-state index contributed by atoms with van der Waals surface area (Å²) in [6.07, 6.45) is -6.83. The molecule has 2 amide bonds. The molecule has 2 fully saturated rings. The minimum atomic E-state index is -1.95. The van der Waals surface area contributed by atoms with E-state index in [9.17, 15) is 48.4 Å². The Balaban J connectivity index is 1.55. The lowest BCUT2D eigenvalue weighted by atomic mass is 9.80. The van der Waals surface area contributed by atoms with E-state index in [4.69, 9.17) is 9.47 Å². The van der Waals surface area contributed by atoms with Crippen LogP contribution in [0.1, 0.15) is 46.2 Å². The molecule has 1 saturated carbocycles. The number of aliphatic carboxylic acids is 1. The molecule has 15 heteroatoms. The topological polar surface area (TPSA) is 188 Å². The number of hydrogen-bond donors (Lipinski definition) is 5. The Hall–Kier alpha value is -3.92. The molecule has 5 N–H and O–H groups in total. The van der Waals surface area contributed by atoms with Gasteiger partial charge in [0.15, 0.2) is 17.7 Å². The summed E-state index contributed by atoms with van der Waals surface area (Å²) in [4.78, 5) is 53.7. The van der Waals surface area contributed by atoms with Crippen molar-refractivity contribution >= 4 is 17.8 Å². The normalized spacial score (nSPS) is 29.0. The quantitative estimate of drug-likeness (QED) is 0.294. The number of carboxylic acids is 1. The van der Waals surface area contributed by atoms with Crippen molar-refractivity contribution in [1.82, 2.24) is 14.8 Å². The van der Waals surface area contributed by atoms with E-state index in [1.807, 2.05) is 0 Å². The number of fused-ring (bicyclic) bond motifs is 2. The highest BCUT2D eigenvalue weighted by Gasteiger charge is 2.48. The van der Waals surface area contributed by atoms with Gasteiger partial charge in [0.25, 0.3) is 11.8 Å². The summed E-state index contributed by atoms with van der Waals surface area (Å²) in [5.74, 6) is -7.13. The standard InChI is InChI=1S/C27H29F2N3O10/c1-11-4-5-41-18-10-31-9-15(25(37)30-8-12-2-3-13(28)6-16(12)29)21(34)24(19(31)26(38)32(11)18)42-17-7-14(27(39)40)20(33)23(36)22(17)35/h2-3,6,9,11,14,17-18,20,22-23,33,35-36H,4-5,7-8,10H2,1H3,(H,30,37)(H,39,40)/t11-,14+,17-,18+,20-,22+,23+/m1/s1. The minimum Gasteiger partial charge on any atom is -0.481 e. The highest BCUT2D eigenvalue weighted by atomic mass is 19.1. The van der Waals surface area contributed by atoms with Gasteiger partial charge in [0.1, 0.15) is 35.5 Å². The molecule has 1 aromatic carbocycles. The van der Waals surface area contributed by atoms with Gasteiger partial charge < -0.3 is 44.7 Å². The van der Waals surface area contributed by atoms with Crippen LogP contribution in [0.2, 0.25) is 0 Å². The average molecular weight is 594 g/mol. The number of ether oxygens (including phenoxy) is 2. The molecule has 2 aliphatic heterocycles. The van der Waals surface area contributed by atoms with Gasteiger partial charge in [-0.1, -0.05) is 6.07 Å². The molecular weight excluding hydrogens is 564 g/mol. The molecule has 1 saturated heterocycles. The van der Waals surface area contributed by atoms with E-state index >= 15 is 0 Å². The molecule has 7 atom stereocenters. The summed E-state index contributed by atoms with van der Waals surface area (Å²) in [5, 5.41) is 42.9. The van der Waals surface area contributed by atoms with E-state index in [0.717, 1.165) is 18.3 Å². The lowest BCUT2D eigenvalue weighted by Gasteiger charge is -2.44. The number of halogens is 2. The fourth-order valence-electron chi connectivity index (χ4n) is 5.56. The third-order valence-corrected chi connectivity index (χ3v) is 7.92. The maximum absolute atomic E-state index is 14.1. The Bertz CT molecular complexity index is 1480. The zero-order valence-corrected chi connectivity index (χ0v) is 22.3. The fourth-order valence-corrected chi connectivity index (χ4v) is 5.56. The van der Waals surface area contributed by atoms with Crippen molar-refractivity contribution in [3.8, 4) is 5.75 Å². The predicted molar refractivity (Wildman–Crippen MR) is 136 cm³/mol. The summed E-state index contributed by atoms with van der Waals surface area (Å²) in [5.41, 5.74) is -1.96. The number of hydrogen-bond acceptors (Lipinski definition) is 9. The van der Waals surface area contributed by atoms with E-state index in [2.05, 4.69) is 5.32 Å². The number of carbonyl (C=O) groups is 3. The van der Waals surface area contributed by atoms with Crippen molar-refractivity contribution in [1.29, 1.82) is 0 Å². The second-order valence-electron chi connectivity index (χ2n) is 10.6. The number of carbonyl (C=O) groups excluding carboxylic acids is 2. The van der Waals surface area contributed by atoms with Crippen LogP contribution in [0, 0.1) is 17.6 Å². The summed E-state index contributed by atoms with van der Waals surface area (Å²) in [6.45, 7) is 1.72. The van der Waals surface area contributed by atoms with Crippen LogP contribution in [0.15, 0.2) is 29.2 Å². The summed E-state index contributed by atoms with van der Waals surface area (Å²) in [6, 6.07) is 2.47. The lowest BCUT2D eigenvalue weighted by molar-refractivity contribution is -0.175. The van der Waals surface area contributed by atoms with Crippen LogP contribution in [-0.2, 0) is 22.6 Å². The molecule has 2 aromatic rings. The van der Waals surface area contributed by atoms with Crippen LogP contribution in [0.4, 0.5) is 8.78 Å². The molecule has 13 nitrogen and oxygen atoms in total. The van der Waals surface area contributed by atoms with Gasteiger partial charge in [-0.3, -0.25) is 19.2 Å². The van der Waals surface area contributed by atoms with Crippen molar-refractivity contribution in [3.05, 3.63) is 63.1 Å². The molecule has 3 heterocycles. The van der Waals surface area contributed by atoms with E-state index in [1.165, 1.54) is 9.47 Å². The molecule has 3 aliphatic rings. The third-order valence-electron chi connectivity index (χ3n) is 7.92. The predicted octanol–water partition coefficient (Wildman–Crippen LogP) is -0.418. The summed E-state index contributed by atoms with van der Waals surface area (Å²) in [7, 11) is 0. The SMILES string of the molecule is C[C@@H]1CCO[C@H]2Cn3cc(C(=O)NCc4ccc(F)cc4F)c(=O)c(O[C@@H]4C[C@H](C(=O)O)[C@@H](O)[C@H](O)[C@H]4O)c3C(=O)N12. The molecule has 0 radical (unpaired) electrons. The second-order valence-corrected chi connectivity index (χ2v) is 10.6. The van der Waals surface area contributed by atoms with Gasteiger partial charge >= 0.3 is 5.97 Å². The van der Waals surface area contributed by atoms with E-state index in [-0.39, 0.29) is 23.8 Å². The largest absolute Gasteiger partial charge is 0.481 e. The number of aromatic nitrogens is 1. The molecular formula is C27H29F2N3O10. The van der Waals surface area contributed by atoms with Gasteiger partial charge in [0.2, 0.25) is 5.43 Å². The molecule has 226 valence electrons. The molecule has 5 rings (SSSR count). The van der Waals surface area contributed by atoms with Crippen LogP contribution in [0.5, 0.6) is 5.75 Å². The maximum Gasteiger partial charge on any atom is 0.309 e. The molecule has 0 bridgehead atoms. The zero-order chi connectivity index (χ0) is 30.5. The monoisotopic (exact) mass is 593 g/mol. The Kier molecular flexibility index (Phi) is 8.02. The zero-order valence-electron chi connectivity index (χ0n) is 22.3. The Morgan fingerprint density at radius 3 is 2.57 bits per heavy atom. The van der Waals surface area contributed by atoms with Gasteiger partial charge in [0, 0.05) is 36.8 Å². The Labute approximate surface area is 236 Å². The fraction of sp³-hybridized carbons (Fsp3) is 0.481. The first-order valence-corrected chi connectivity index (χ1v) is 13.3. The Morgan fingerprint density at radius 2 is 1.88 bits per heavy atom. The van der Waals surface area contributed by atoms with Crippen LogP contribution < -0.4 is 15.5 Å². The van der Waals surface area contributed by atoms with E-state index < -0.39 is 95.7 Å². The average Bonchev–Trinajstić information content (AvgIpc) is 2.93. The number of amides is 2. The summed E-state index contributed by atoms with van der Waals surface area (Å²) >= 11 is 0. The van der Waals surface area contributed by atoms with Gasteiger partial charge in [-0.2, -0.15) is 0 Å². The Morgan fingerprint density at radius 1 is 1.14 bits per heavy atom. The van der Waals surface area contributed by atoms with E-state index in [0.29, 0.717) is 19.1 Å². The highest BCUT2D eigenvalue weighted by molar-refractivity contribution is 5.99. The van der Waals surface area contributed by atoms with Gasteiger partial charge in [-0.05, 0) is 19.4 Å². The first-order valence-electron chi connectivity index (χ1n) is 13.3. The number of nitrogens with one attached hydrogen (secondary N) is 1. The van der Waals surface area contributed by atoms with Crippen LogP contribution in [-0.4, -0.2) is 91.0 Å². The van der Waals surface area contributed by atoms with Gasteiger partial charge in [-0.15, -0.1) is 0 Å². The number of pyridine rings is 1. The summed E-state index contributed by atoms with van der Waals surface area (Å²) < 4.78 is 40.2. The minimum absolute atomic E-state index is 0.0127. The molecule has 1 aromatic heterocycles. The third kappa shape index (κ3) is 5.24. The molecule has 0 spiro atoms. The van der Waals surface area contributed by atoms with Crippen molar-refractivity contribution in [3.63, 3.8) is 0 Å². The number of benzene rings is 1. The van der Waals surface area contributed by atoms with E-state index in [1.54, 1.807) is 6.92 Å². The number of aliphatic hydroxyl groups excluding tert-OH is 3. The number of aliphatic hydroxyl groups is 3. The molecule has 42 heavy (non-hydrogen) atoms. The first-order chi connectivity index (χ1) is 19.9. The number of rotatable bonds is 6. The van der Waals surface area contributed by atoms with Gasteiger partial charge in [0.05, 0.1) is 25.2 Å². The molecule has 0 unspecified atom stereocenters. The second kappa shape index (κ2) is 11.4. The lowest BCUT2D eigenvalue weighted by Crippen LogP contribution is -2.58. The van der Waals surface area contributed by atoms with Crippen molar-refractivity contribution in [2.45, 2.75) is 69.5 Å². The smallest absolute Gasteiger partial charge is 0.309 e. The van der Waals surface area contributed by atoms with Crippen molar-refractivity contribution in [2.75, 3.05) is 6.61 Å². The van der Waals surface area contributed by atoms with Crippen molar-refractivity contribution < 1.29 is 53.1 Å². The maximum atomic E-state index is 14.1. The van der Waals surface area contributed by atoms with Crippen LogP contribution in [0.3, 0.4) is 0 Å². The van der Waals surface area contributed by atoms with Crippen LogP contribution >= 0.6 is 0 Å². The van der Waals surface area contributed by atoms with Gasteiger partial charge in [-0.25, -0.2) is 8.78 Å². The van der Waals surface area contributed by atoms with Crippen molar-refractivity contribution in [2.24, 2.45) is 5.92 Å². The first kappa shape index (κ1) is 29.6. The molecule has 1 aliphatic carbocycles. The highest BCUT2D eigenvalue weighted by Crippen LogP contribution is 2.33. The number of nitrogens with zero attached hydrogens (tertiary/aromatic N) is 2. The number of carboxylic acid groups (broad SMARTS) is 1.